The van der Waals surface area contributed by atoms with E-state index < -0.39 is 5.41 Å². The predicted octanol–water partition coefficient (Wildman–Crippen LogP) is 2.32. The molecule has 2 rings (SSSR count). The molecular formula is C14H14O3. The molecule has 0 heterocycles. The number of phenols is 1. The summed E-state index contributed by atoms with van der Waals surface area (Å²) in [5.41, 5.74) is 0.0553. The van der Waals surface area contributed by atoms with E-state index in [1.165, 1.54) is 7.11 Å². The van der Waals surface area contributed by atoms with E-state index in [1.807, 2.05) is 24.3 Å². The summed E-state index contributed by atoms with van der Waals surface area (Å²) in [7, 11) is 1.39. The zero-order chi connectivity index (χ0) is 12.3. The van der Waals surface area contributed by atoms with E-state index in [4.69, 9.17) is 4.74 Å². The number of benzene rings is 1. The molecular weight excluding hydrogens is 216 g/mol. The Morgan fingerprint density at radius 1 is 1.29 bits per heavy atom. The van der Waals surface area contributed by atoms with Crippen LogP contribution in [-0.4, -0.2) is 18.2 Å². The second-order valence-corrected chi connectivity index (χ2v) is 4.00. The van der Waals surface area contributed by atoms with E-state index in [2.05, 4.69) is 0 Å². The summed E-state index contributed by atoms with van der Waals surface area (Å²) >= 11 is 0. The first-order valence-electron chi connectivity index (χ1n) is 5.41. The van der Waals surface area contributed by atoms with Gasteiger partial charge in [-0.1, -0.05) is 36.4 Å². The van der Waals surface area contributed by atoms with Crippen molar-refractivity contribution in [3.8, 4) is 5.75 Å². The maximum atomic E-state index is 12.0. The number of methoxy groups -OCH3 is 1. The van der Waals surface area contributed by atoms with Gasteiger partial charge in [0, 0.05) is 0 Å². The van der Waals surface area contributed by atoms with Crippen LogP contribution in [-0.2, 0) is 14.9 Å². The molecule has 0 aliphatic heterocycles. The van der Waals surface area contributed by atoms with Gasteiger partial charge in [0.25, 0.3) is 0 Å². The van der Waals surface area contributed by atoms with Gasteiger partial charge in [-0.05, 0) is 24.1 Å². The first-order valence-corrected chi connectivity index (χ1v) is 5.41. The fourth-order valence-corrected chi connectivity index (χ4v) is 2.04. The number of carbonyl (C=O) groups excluding carboxylic acids is 1. The summed E-state index contributed by atoms with van der Waals surface area (Å²) in [6.07, 6.45) is 8.09. The Kier molecular flexibility index (Phi) is 3.00. The largest absolute Gasteiger partial charge is 0.508 e. The zero-order valence-electron chi connectivity index (χ0n) is 9.59. The van der Waals surface area contributed by atoms with Crippen LogP contribution >= 0.6 is 0 Å². The molecule has 1 atom stereocenters. The second-order valence-electron chi connectivity index (χ2n) is 4.00. The minimum atomic E-state index is -0.767. The average molecular weight is 230 g/mol. The fraction of sp³-hybridized carbons (Fsp3) is 0.214. The summed E-state index contributed by atoms with van der Waals surface area (Å²) in [4.78, 5) is 12.0. The van der Waals surface area contributed by atoms with Crippen LogP contribution in [0.4, 0.5) is 0 Å². The molecule has 3 heteroatoms. The second kappa shape index (κ2) is 4.45. The van der Waals surface area contributed by atoms with E-state index in [0.717, 1.165) is 5.56 Å². The summed E-state index contributed by atoms with van der Waals surface area (Å²) in [6.45, 7) is 0. The lowest BCUT2D eigenvalue weighted by Gasteiger charge is -2.28. The first-order chi connectivity index (χ1) is 8.19. The van der Waals surface area contributed by atoms with E-state index >= 15 is 0 Å². The summed E-state index contributed by atoms with van der Waals surface area (Å²) in [6, 6.07) is 6.64. The van der Waals surface area contributed by atoms with Crippen molar-refractivity contribution < 1.29 is 14.6 Å². The van der Waals surface area contributed by atoms with Gasteiger partial charge in [0.15, 0.2) is 0 Å². The Morgan fingerprint density at radius 2 is 2.00 bits per heavy atom. The number of rotatable bonds is 2. The SMILES string of the molecule is COC(=O)C1(c2ccc(O)cc2)C=CC=CC1. The van der Waals surface area contributed by atoms with Crippen molar-refractivity contribution in [1.82, 2.24) is 0 Å². The van der Waals surface area contributed by atoms with Gasteiger partial charge in [0.2, 0.25) is 0 Å². The molecule has 0 aromatic heterocycles. The molecule has 0 saturated heterocycles. The van der Waals surface area contributed by atoms with Crippen LogP contribution in [0, 0.1) is 0 Å². The van der Waals surface area contributed by atoms with Crippen molar-refractivity contribution in [2.45, 2.75) is 11.8 Å². The minimum absolute atomic E-state index is 0.184. The van der Waals surface area contributed by atoms with Gasteiger partial charge in [-0.15, -0.1) is 0 Å². The van der Waals surface area contributed by atoms with Crippen LogP contribution in [0.2, 0.25) is 0 Å². The van der Waals surface area contributed by atoms with Gasteiger partial charge in [-0.25, -0.2) is 0 Å². The predicted molar refractivity (Wildman–Crippen MR) is 64.7 cm³/mol. The molecule has 1 aromatic carbocycles. The van der Waals surface area contributed by atoms with Crippen LogP contribution in [0.25, 0.3) is 0 Å². The molecule has 3 nitrogen and oxygen atoms in total. The van der Waals surface area contributed by atoms with Crippen molar-refractivity contribution in [3.05, 3.63) is 54.1 Å². The van der Waals surface area contributed by atoms with Crippen molar-refractivity contribution in [1.29, 1.82) is 0 Å². The number of phenolic OH excluding ortho intramolecular Hbond substituents is 1. The lowest BCUT2D eigenvalue weighted by Crippen LogP contribution is -2.35. The Hall–Kier alpha value is -2.03. The molecule has 88 valence electrons. The molecule has 0 spiro atoms. The van der Waals surface area contributed by atoms with E-state index in [-0.39, 0.29) is 11.7 Å². The Bertz CT molecular complexity index is 471. The third-order valence-electron chi connectivity index (χ3n) is 3.00. The molecule has 0 bridgehead atoms. The maximum absolute atomic E-state index is 12.0. The normalized spacial score (nSPS) is 22.4. The summed E-state index contributed by atoms with van der Waals surface area (Å²) < 4.78 is 4.89. The molecule has 17 heavy (non-hydrogen) atoms. The molecule has 0 amide bonds. The highest BCUT2D eigenvalue weighted by molar-refractivity contribution is 5.86. The van der Waals surface area contributed by atoms with Gasteiger partial charge in [-0.3, -0.25) is 4.79 Å². The third-order valence-corrected chi connectivity index (χ3v) is 3.00. The fourth-order valence-electron chi connectivity index (χ4n) is 2.04. The smallest absolute Gasteiger partial charge is 0.320 e. The van der Waals surface area contributed by atoms with Crippen LogP contribution < -0.4 is 0 Å². The third kappa shape index (κ3) is 1.96. The maximum Gasteiger partial charge on any atom is 0.320 e. The molecule has 1 aliphatic rings. The van der Waals surface area contributed by atoms with Crippen molar-refractivity contribution in [2.75, 3.05) is 7.11 Å². The zero-order valence-corrected chi connectivity index (χ0v) is 9.59. The number of ether oxygens (including phenoxy) is 1. The topological polar surface area (TPSA) is 46.5 Å². The molecule has 0 radical (unpaired) electrons. The van der Waals surface area contributed by atoms with E-state index in [0.29, 0.717) is 6.42 Å². The number of esters is 1. The first kappa shape index (κ1) is 11.5. The van der Waals surface area contributed by atoms with Crippen molar-refractivity contribution in [3.63, 3.8) is 0 Å². The van der Waals surface area contributed by atoms with Crippen molar-refractivity contribution in [2.24, 2.45) is 0 Å². The minimum Gasteiger partial charge on any atom is -0.508 e. The highest BCUT2D eigenvalue weighted by atomic mass is 16.5. The van der Waals surface area contributed by atoms with Gasteiger partial charge >= 0.3 is 5.97 Å². The number of aromatic hydroxyl groups is 1. The van der Waals surface area contributed by atoms with Gasteiger partial charge in [0.1, 0.15) is 11.2 Å². The Morgan fingerprint density at radius 3 is 2.53 bits per heavy atom. The molecule has 1 N–H and O–H groups in total. The van der Waals surface area contributed by atoms with Crippen LogP contribution in [0.5, 0.6) is 5.75 Å². The van der Waals surface area contributed by atoms with Gasteiger partial charge in [-0.2, -0.15) is 0 Å². The lowest BCUT2D eigenvalue weighted by atomic mass is 9.75. The molecule has 0 saturated carbocycles. The van der Waals surface area contributed by atoms with Gasteiger partial charge < -0.3 is 9.84 Å². The Balaban J connectivity index is 2.47. The van der Waals surface area contributed by atoms with Gasteiger partial charge in [0.05, 0.1) is 7.11 Å². The quantitative estimate of drug-likeness (QED) is 0.793. The van der Waals surface area contributed by atoms with E-state index in [9.17, 15) is 9.90 Å². The van der Waals surface area contributed by atoms with Crippen molar-refractivity contribution >= 4 is 5.97 Å². The molecule has 1 aliphatic carbocycles. The standard InChI is InChI=1S/C14H14O3/c1-17-13(16)14(9-3-2-4-10-14)11-5-7-12(15)8-6-11/h2-9,15H,10H2,1H3. The number of allylic oxidation sites excluding steroid dienone is 3. The molecule has 1 unspecified atom stereocenters. The number of hydrogen-bond acceptors (Lipinski definition) is 3. The van der Waals surface area contributed by atoms with Crippen LogP contribution in [0.3, 0.4) is 0 Å². The average Bonchev–Trinajstić information content (AvgIpc) is 2.39. The Labute approximate surface area is 100 Å². The van der Waals surface area contributed by atoms with E-state index in [1.54, 1.807) is 24.3 Å². The highest BCUT2D eigenvalue weighted by Gasteiger charge is 2.38. The molecule has 0 fully saturated rings. The van der Waals surface area contributed by atoms with Crippen LogP contribution in [0.1, 0.15) is 12.0 Å². The number of carbonyl (C=O) groups is 1. The van der Waals surface area contributed by atoms with Crippen LogP contribution in [0.15, 0.2) is 48.6 Å². The monoisotopic (exact) mass is 230 g/mol. The lowest BCUT2D eigenvalue weighted by molar-refractivity contribution is -0.145. The summed E-state index contributed by atoms with van der Waals surface area (Å²) in [5.74, 6) is -0.104. The molecule has 1 aromatic rings. The highest BCUT2D eigenvalue weighted by Crippen LogP contribution is 2.34. The summed E-state index contributed by atoms with van der Waals surface area (Å²) in [5, 5.41) is 9.29. The number of hydrogen-bond donors (Lipinski definition) is 1.